The van der Waals surface area contributed by atoms with Crippen LogP contribution in [-0.2, 0) is 0 Å². The molecule has 2 aliphatic heterocycles. The number of piperidine rings is 1. The number of methoxy groups -OCH3 is 2. The van der Waals surface area contributed by atoms with Gasteiger partial charge in [-0.1, -0.05) is 13.8 Å². The van der Waals surface area contributed by atoms with Crippen LogP contribution in [0.25, 0.3) is 0 Å². The highest BCUT2D eigenvalue weighted by Gasteiger charge is 2.48. The van der Waals surface area contributed by atoms with Crippen molar-refractivity contribution in [3.63, 3.8) is 0 Å². The minimum Gasteiger partial charge on any atom is -0.497 e. The van der Waals surface area contributed by atoms with E-state index in [-0.39, 0.29) is 11.4 Å². The molecule has 2 fully saturated rings. The molecule has 2 heterocycles. The molecule has 1 amide bonds. The van der Waals surface area contributed by atoms with Crippen molar-refractivity contribution in [2.45, 2.75) is 38.6 Å². The van der Waals surface area contributed by atoms with Gasteiger partial charge in [-0.15, -0.1) is 0 Å². The van der Waals surface area contributed by atoms with Crippen LogP contribution in [0, 0.1) is 5.92 Å². The number of nitrogens with zero attached hydrogens (tertiary/aromatic N) is 2. The second-order valence-corrected chi connectivity index (χ2v) is 7.71. The minimum absolute atomic E-state index is 0.0474. The second-order valence-electron chi connectivity index (χ2n) is 7.71. The lowest BCUT2D eigenvalue weighted by molar-refractivity contribution is -0.0648. The highest BCUT2D eigenvalue weighted by atomic mass is 16.5. The van der Waals surface area contributed by atoms with Crippen LogP contribution in [0.4, 0.5) is 0 Å². The van der Waals surface area contributed by atoms with Gasteiger partial charge in [0.15, 0.2) is 0 Å². The van der Waals surface area contributed by atoms with Crippen LogP contribution in [0.3, 0.4) is 0 Å². The van der Waals surface area contributed by atoms with Gasteiger partial charge >= 0.3 is 0 Å². The molecule has 5 heteroatoms. The summed E-state index contributed by atoms with van der Waals surface area (Å²) < 4.78 is 10.7. The van der Waals surface area contributed by atoms with Gasteiger partial charge in [0.2, 0.25) is 0 Å². The van der Waals surface area contributed by atoms with Crippen molar-refractivity contribution in [3.05, 3.63) is 23.8 Å². The molecule has 1 aromatic rings. The first kappa shape index (κ1) is 18.1. The Morgan fingerprint density at radius 2 is 2.00 bits per heavy atom. The van der Waals surface area contributed by atoms with Crippen molar-refractivity contribution in [3.8, 4) is 11.5 Å². The van der Waals surface area contributed by atoms with E-state index in [0.29, 0.717) is 23.0 Å². The Balaban J connectivity index is 1.79. The summed E-state index contributed by atoms with van der Waals surface area (Å²) in [5, 5.41) is 0. The lowest BCUT2D eigenvalue weighted by atomic mass is 9.77. The number of carbonyl (C=O) groups excluding carboxylic acids is 1. The molecular formula is C20H30N2O3. The first-order valence-corrected chi connectivity index (χ1v) is 9.25. The summed E-state index contributed by atoms with van der Waals surface area (Å²) in [5.74, 6) is 1.99. The topological polar surface area (TPSA) is 42.0 Å². The fourth-order valence-corrected chi connectivity index (χ4v) is 4.21. The molecule has 0 radical (unpaired) electrons. The van der Waals surface area contributed by atoms with Gasteiger partial charge in [0.25, 0.3) is 5.91 Å². The molecule has 2 aliphatic rings. The van der Waals surface area contributed by atoms with Crippen molar-refractivity contribution in [2.75, 3.05) is 40.4 Å². The van der Waals surface area contributed by atoms with Crippen molar-refractivity contribution in [2.24, 2.45) is 5.92 Å². The zero-order valence-electron chi connectivity index (χ0n) is 15.9. The summed E-state index contributed by atoms with van der Waals surface area (Å²) in [7, 11) is 3.22. The van der Waals surface area contributed by atoms with Gasteiger partial charge in [-0.05, 0) is 43.4 Å². The largest absolute Gasteiger partial charge is 0.497 e. The number of benzene rings is 1. The number of rotatable bonds is 5. The lowest BCUT2D eigenvalue weighted by Crippen LogP contribution is -2.67. The Bertz CT molecular complexity index is 631. The van der Waals surface area contributed by atoms with Crippen LogP contribution in [-0.4, -0.2) is 61.6 Å². The second kappa shape index (κ2) is 7.24. The summed E-state index contributed by atoms with van der Waals surface area (Å²) >= 11 is 0. The number of carbonyl (C=O) groups is 1. The average Bonchev–Trinajstić information content (AvgIpc) is 2.64. The molecule has 138 valence electrons. The van der Waals surface area contributed by atoms with Gasteiger partial charge in [-0.3, -0.25) is 9.69 Å². The van der Waals surface area contributed by atoms with Crippen molar-refractivity contribution < 1.29 is 14.3 Å². The molecule has 0 unspecified atom stereocenters. The van der Waals surface area contributed by atoms with Gasteiger partial charge in [0, 0.05) is 31.7 Å². The molecule has 0 saturated carbocycles. The van der Waals surface area contributed by atoms with E-state index in [0.717, 1.165) is 32.6 Å². The third-order valence-corrected chi connectivity index (χ3v) is 5.58. The van der Waals surface area contributed by atoms with Crippen LogP contribution < -0.4 is 9.47 Å². The summed E-state index contributed by atoms with van der Waals surface area (Å²) in [4.78, 5) is 17.8. The Kier molecular flexibility index (Phi) is 5.23. The van der Waals surface area contributed by atoms with Crippen LogP contribution in [0.5, 0.6) is 11.5 Å². The number of hydrogen-bond donors (Lipinski definition) is 0. The third-order valence-electron chi connectivity index (χ3n) is 5.58. The van der Waals surface area contributed by atoms with Gasteiger partial charge in [0.05, 0.1) is 19.8 Å². The lowest BCUT2D eigenvalue weighted by Gasteiger charge is -2.57. The number of likely N-dealkylation sites (tertiary alicyclic amines) is 2. The molecule has 5 nitrogen and oxygen atoms in total. The Hall–Kier alpha value is -1.75. The molecule has 0 bridgehead atoms. The number of hydrogen-bond acceptors (Lipinski definition) is 4. The fraction of sp³-hybridized carbons (Fsp3) is 0.650. The molecule has 0 aliphatic carbocycles. The molecule has 1 aromatic carbocycles. The van der Waals surface area contributed by atoms with E-state index in [1.165, 1.54) is 12.8 Å². The van der Waals surface area contributed by atoms with Crippen LogP contribution >= 0.6 is 0 Å². The van der Waals surface area contributed by atoms with E-state index in [4.69, 9.17) is 9.47 Å². The molecule has 1 atom stereocenters. The SMILES string of the molecule is COc1ccc(OC)c(C(=O)N2CCC[C@]3(CCN3CC(C)C)C2)c1. The predicted molar refractivity (Wildman–Crippen MR) is 98.4 cm³/mol. The third kappa shape index (κ3) is 3.47. The summed E-state index contributed by atoms with van der Waals surface area (Å²) in [6, 6.07) is 5.42. The predicted octanol–water partition coefficient (Wildman–Crippen LogP) is 3.04. The number of ether oxygens (including phenoxy) is 2. The summed E-state index contributed by atoms with van der Waals surface area (Å²) in [6.45, 7) is 8.43. The van der Waals surface area contributed by atoms with E-state index < -0.39 is 0 Å². The van der Waals surface area contributed by atoms with Gasteiger partial charge in [0.1, 0.15) is 11.5 Å². The maximum atomic E-state index is 13.2. The van der Waals surface area contributed by atoms with E-state index in [2.05, 4.69) is 18.7 Å². The van der Waals surface area contributed by atoms with Crippen molar-refractivity contribution in [1.29, 1.82) is 0 Å². The normalized spacial score (nSPS) is 23.6. The van der Waals surface area contributed by atoms with Crippen LogP contribution in [0.15, 0.2) is 18.2 Å². The first-order chi connectivity index (χ1) is 12.0. The van der Waals surface area contributed by atoms with E-state index in [9.17, 15) is 4.79 Å². The van der Waals surface area contributed by atoms with Crippen molar-refractivity contribution >= 4 is 5.91 Å². The Morgan fingerprint density at radius 1 is 1.20 bits per heavy atom. The zero-order valence-corrected chi connectivity index (χ0v) is 15.9. The Morgan fingerprint density at radius 3 is 2.60 bits per heavy atom. The minimum atomic E-state index is 0.0474. The summed E-state index contributed by atoms with van der Waals surface area (Å²) in [5.41, 5.74) is 0.776. The molecule has 25 heavy (non-hydrogen) atoms. The average molecular weight is 346 g/mol. The van der Waals surface area contributed by atoms with Crippen LogP contribution in [0.1, 0.15) is 43.5 Å². The standard InChI is InChI=1S/C20H30N2O3/c1-15(2)13-22-11-9-20(22)8-5-10-21(14-20)19(23)17-12-16(24-3)6-7-18(17)25-4/h6-7,12,15H,5,8-11,13-14H2,1-4H3/t20-/m0/s1. The monoisotopic (exact) mass is 346 g/mol. The van der Waals surface area contributed by atoms with E-state index >= 15 is 0 Å². The molecule has 2 saturated heterocycles. The highest BCUT2D eigenvalue weighted by Crippen LogP contribution is 2.39. The number of amides is 1. The summed E-state index contributed by atoms with van der Waals surface area (Å²) in [6.07, 6.45) is 3.45. The highest BCUT2D eigenvalue weighted by molar-refractivity contribution is 5.97. The molecule has 3 rings (SSSR count). The molecule has 1 spiro atoms. The van der Waals surface area contributed by atoms with Gasteiger partial charge < -0.3 is 14.4 Å². The zero-order chi connectivity index (χ0) is 18.0. The maximum absolute atomic E-state index is 13.2. The maximum Gasteiger partial charge on any atom is 0.257 e. The van der Waals surface area contributed by atoms with Crippen LogP contribution in [0.2, 0.25) is 0 Å². The first-order valence-electron chi connectivity index (χ1n) is 9.25. The molecule has 0 N–H and O–H groups in total. The Labute approximate surface area is 150 Å². The molecule has 0 aromatic heterocycles. The smallest absolute Gasteiger partial charge is 0.257 e. The van der Waals surface area contributed by atoms with E-state index in [1.54, 1.807) is 26.4 Å². The van der Waals surface area contributed by atoms with Crippen molar-refractivity contribution in [1.82, 2.24) is 9.80 Å². The van der Waals surface area contributed by atoms with Gasteiger partial charge in [-0.25, -0.2) is 0 Å². The van der Waals surface area contributed by atoms with E-state index in [1.807, 2.05) is 11.0 Å². The fourth-order valence-electron chi connectivity index (χ4n) is 4.21. The quantitative estimate of drug-likeness (QED) is 0.822. The van der Waals surface area contributed by atoms with Gasteiger partial charge in [-0.2, -0.15) is 0 Å². The molecular weight excluding hydrogens is 316 g/mol.